The third-order valence-electron chi connectivity index (χ3n) is 3.67. The first-order valence-corrected chi connectivity index (χ1v) is 6.97. The van der Waals surface area contributed by atoms with E-state index in [0.29, 0.717) is 0 Å². The van der Waals surface area contributed by atoms with Crippen LogP contribution in [-0.2, 0) is 0 Å². The molecule has 0 aliphatic heterocycles. The molecule has 0 heterocycles. The van der Waals surface area contributed by atoms with E-state index in [2.05, 4.69) is 26.1 Å². The van der Waals surface area contributed by atoms with Crippen molar-refractivity contribution in [2.45, 2.75) is 71.8 Å². The topological polar surface area (TPSA) is 12.0 Å². The van der Waals surface area contributed by atoms with Crippen molar-refractivity contribution >= 4 is 0 Å². The molecule has 1 aliphatic carbocycles. The quantitative estimate of drug-likeness (QED) is 0.640. The lowest BCUT2D eigenvalue weighted by Crippen LogP contribution is -2.39. The van der Waals surface area contributed by atoms with Crippen LogP contribution < -0.4 is 5.32 Å². The summed E-state index contributed by atoms with van der Waals surface area (Å²) >= 11 is 0. The Labute approximate surface area is 96.0 Å². The monoisotopic (exact) mass is 211 g/mol. The van der Waals surface area contributed by atoms with E-state index in [0.717, 1.165) is 17.9 Å². The van der Waals surface area contributed by atoms with E-state index in [4.69, 9.17) is 0 Å². The highest BCUT2D eigenvalue weighted by Gasteiger charge is 2.26. The minimum absolute atomic E-state index is 0.831. The van der Waals surface area contributed by atoms with Gasteiger partial charge in [0.05, 0.1) is 0 Å². The zero-order valence-corrected chi connectivity index (χ0v) is 10.9. The van der Waals surface area contributed by atoms with Gasteiger partial charge in [-0.15, -0.1) is 0 Å². The van der Waals surface area contributed by atoms with Crippen molar-refractivity contribution < 1.29 is 0 Å². The third kappa shape index (κ3) is 5.01. The van der Waals surface area contributed by atoms with Crippen LogP contribution in [0.25, 0.3) is 0 Å². The van der Waals surface area contributed by atoms with Crippen molar-refractivity contribution in [3.63, 3.8) is 0 Å². The summed E-state index contributed by atoms with van der Waals surface area (Å²) in [5.74, 6) is 1.88. The van der Waals surface area contributed by atoms with Crippen LogP contribution in [0.3, 0.4) is 0 Å². The van der Waals surface area contributed by atoms with E-state index in [9.17, 15) is 0 Å². The Morgan fingerprint density at radius 1 is 1.20 bits per heavy atom. The summed E-state index contributed by atoms with van der Waals surface area (Å²) in [6.45, 7) is 8.14. The van der Waals surface area contributed by atoms with Gasteiger partial charge in [0.25, 0.3) is 0 Å². The Kier molecular flexibility index (Phi) is 6.31. The molecule has 15 heavy (non-hydrogen) atoms. The molecule has 0 bridgehead atoms. The fourth-order valence-corrected chi connectivity index (χ4v) is 2.42. The average Bonchev–Trinajstić information content (AvgIpc) is 2.10. The molecule has 1 rings (SSSR count). The largest absolute Gasteiger partial charge is 0.314 e. The van der Waals surface area contributed by atoms with E-state index in [1.165, 1.54) is 51.5 Å². The molecule has 1 fully saturated rings. The van der Waals surface area contributed by atoms with Crippen molar-refractivity contribution in [1.29, 1.82) is 0 Å². The summed E-state index contributed by atoms with van der Waals surface area (Å²) in [5, 5.41) is 3.75. The second-order valence-corrected chi connectivity index (χ2v) is 5.58. The van der Waals surface area contributed by atoms with Gasteiger partial charge in [-0.1, -0.05) is 40.0 Å². The summed E-state index contributed by atoms with van der Waals surface area (Å²) in [7, 11) is 0. The van der Waals surface area contributed by atoms with Gasteiger partial charge in [-0.25, -0.2) is 0 Å². The minimum atomic E-state index is 0.831. The molecule has 1 atom stereocenters. The number of rotatable bonds is 8. The maximum absolute atomic E-state index is 3.75. The molecule has 0 amide bonds. The average molecular weight is 211 g/mol. The van der Waals surface area contributed by atoms with Crippen molar-refractivity contribution in [2.24, 2.45) is 11.8 Å². The molecule has 0 radical (unpaired) electrons. The molecule has 0 saturated heterocycles. The van der Waals surface area contributed by atoms with Gasteiger partial charge in [-0.05, 0) is 44.1 Å². The lowest BCUT2D eigenvalue weighted by molar-refractivity contribution is 0.214. The third-order valence-corrected chi connectivity index (χ3v) is 3.67. The van der Waals surface area contributed by atoms with Crippen molar-refractivity contribution in [2.75, 3.05) is 6.54 Å². The van der Waals surface area contributed by atoms with Gasteiger partial charge < -0.3 is 5.32 Å². The molecule has 0 aromatic rings. The van der Waals surface area contributed by atoms with Crippen LogP contribution in [0, 0.1) is 11.8 Å². The van der Waals surface area contributed by atoms with Gasteiger partial charge in [0, 0.05) is 6.04 Å². The number of hydrogen-bond acceptors (Lipinski definition) is 1. The van der Waals surface area contributed by atoms with Crippen LogP contribution in [-0.4, -0.2) is 12.6 Å². The molecule has 0 aromatic heterocycles. The first-order chi connectivity index (χ1) is 7.24. The Morgan fingerprint density at radius 2 is 1.93 bits per heavy atom. The highest BCUT2D eigenvalue weighted by Crippen LogP contribution is 2.31. The Morgan fingerprint density at radius 3 is 2.40 bits per heavy atom. The van der Waals surface area contributed by atoms with Crippen LogP contribution in [0.5, 0.6) is 0 Å². The van der Waals surface area contributed by atoms with E-state index in [-0.39, 0.29) is 0 Å². The van der Waals surface area contributed by atoms with Gasteiger partial charge in [-0.3, -0.25) is 0 Å². The molecule has 0 aromatic carbocycles. The maximum atomic E-state index is 3.75. The maximum Gasteiger partial charge on any atom is 0.00953 e. The number of nitrogens with one attached hydrogen (secondary N) is 1. The molecule has 90 valence electrons. The van der Waals surface area contributed by atoms with Gasteiger partial charge in [0.2, 0.25) is 0 Å². The predicted octanol–water partition coefficient (Wildman–Crippen LogP) is 3.98. The molecule has 1 saturated carbocycles. The van der Waals surface area contributed by atoms with Crippen LogP contribution in [0.1, 0.15) is 65.7 Å². The molecular formula is C14H29N. The highest BCUT2D eigenvalue weighted by atomic mass is 14.9. The second-order valence-electron chi connectivity index (χ2n) is 5.58. The Balaban J connectivity index is 2.16. The van der Waals surface area contributed by atoms with Gasteiger partial charge >= 0.3 is 0 Å². The van der Waals surface area contributed by atoms with Gasteiger partial charge in [0.1, 0.15) is 0 Å². The van der Waals surface area contributed by atoms with Crippen LogP contribution in [0.2, 0.25) is 0 Å². The van der Waals surface area contributed by atoms with E-state index in [1.54, 1.807) is 0 Å². The van der Waals surface area contributed by atoms with Crippen molar-refractivity contribution in [3.05, 3.63) is 0 Å². The SMILES string of the molecule is CCCNC(CCCC(C)C)C1CCC1. The van der Waals surface area contributed by atoms with Crippen molar-refractivity contribution in [1.82, 2.24) is 5.32 Å². The summed E-state index contributed by atoms with van der Waals surface area (Å²) in [6, 6.07) is 0.831. The molecule has 1 aliphatic rings. The van der Waals surface area contributed by atoms with E-state index < -0.39 is 0 Å². The lowest BCUT2D eigenvalue weighted by atomic mass is 9.78. The standard InChI is InChI=1S/C14H29N/c1-4-11-15-14(13-8-6-9-13)10-5-7-12(2)3/h12-15H,4-11H2,1-3H3. The van der Waals surface area contributed by atoms with E-state index in [1.807, 2.05) is 0 Å². The molecule has 1 nitrogen and oxygen atoms in total. The molecule has 1 N–H and O–H groups in total. The summed E-state index contributed by atoms with van der Waals surface area (Å²) < 4.78 is 0. The lowest BCUT2D eigenvalue weighted by Gasteiger charge is -2.34. The summed E-state index contributed by atoms with van der Waals surface area (Å²) in [5.41, 5.74) is 0. The minimum Gasteiger partial charge on any atom is -0.314 e. The summed E-state index contributed by atoms with van der Waals surface area (Å²) in [6.07, 6.45) is 9.91. The Hall–Kier alpha value is -0.0400. The summed E-state index contributed by atoms with van der Waals surface area (Å²) in [4.78, 5) is 0. The fraction of sp³-hybridized carbons (Fsp3) is 1.00. The molecule has 1 heteroatoms. The van der Waals surface area contributed by atoms with Gasteiger partial charge in [0.15, 0.2) is 0 Å². The van der Waals surface area contributed by atoms with Gasteiger partial charge in [-0.2, -0.15) is 0 Å². The second kappa shape index (κ2) is 7.27. The number of hydrogen-bond donors (Lipinski definition) is 1. The Bertz CT molecular complexity index is 149. The highest BCUT2D eigenvalue weighted by molar-refractivity contribution is 4.82. The van der Waals surface area contributed by atoms with Crippen LogP contribution >= 0.6 is 0 Å². The predicted molar refractivity (Wildman–Crippen MR) is 68.1 cm³/mol. The van der Waals surface area contributed by atoms with E-state index >= 15 is 0 Å². The zero-order chi connectivity index (χ0) is 11.1. The first kappa shape index (κ1) is 13.0. The van der Waals surface area contributed by atoms with Crippen LogP contribution in [0.15, 0.2) is 0 Å². The van der Waals surface area contributed by atoms with Crippen LogP contribution in [0.4, 0.5) is 0 Å². The van der Waals surface area contributed by atoms with Crippen molar-refractivity contribution in [3.8, 4) is 0 Å². The fourth-order valence-electron chi connectivity index (χ4n) is 2.42. The zero-order valence-electron chi connectivity index (χ0n) is 10.9. The smallest absolute Gasteiger partial charge is 0.00953 e. The molecule has 1 unspecified atom stereocenters. The molecular weight excluding hydrogens is 182 g/mol. The normalized spacial score (nSPS) is 19.2. The first-order valence-electron chi connectivity index (χ1n) is 6.97. The molecule has 0 spiro atoms.